The predicted molar refractivity (Wildman–Crippen MR) is 95.4 cm³/mol. The van der Waals surface area contributed by atoms with Crippen molar-refractivity contribution in [2.75, 3.05) is 4.90 Å². The van der Waals surface area contributed by atoms with Crippen LogP contribution in [0.25, 0.3) is 11.0 Å². The number of rotatable bonds is 5. The minimum atomic E-state index is -1.20. The molecule has 1 fully saturated rings. The van der Waals surface area contributed by atoms with Gasteiger partial charge in [0.2, 0.25) is 11.5 Å². The van der Waals surface area contributed by atoms with Crippen LogP contribution in [0, 0.1) is 5.92 Å². The highest BCUT2D eigenvalue weighted by atomic mass is 16.4. The summed E-state index contributed by atoms with van der Waals surface area (Å²) < 4.78 is 5.46. The lowest BCUT2D eigenvalue weighted by Gasteiger charge is -2.25. The monoisotopic (exact) mass is 367 g/mol. The lowest BCUT2D eigenvalue weighted by atomic mass is 9.92. The highest BCUT2D eigenvalue weighted by Crippen LogP contribution is 2.42. The normalized spacial score (nSPS) is 20.0. The summed E-state index contributed by atoms with van der Waals surface area (Å²) in [6, 6.07) is 7.40. The first-order valence-electron chi connectivity index (χ1n) is 8.64. The number of H-pyrrole nitrogens is 1. The predicted octanol–water partition coefficient (Wildman–Crippen LogP) is 2.93. The van der Waals surface area contributed by atoms with Crippen LogP contribution >= 0.6 is 0 Å². The number of nitrogens with zero attached hydrogens (tertiary/aromatic N) is 2. The fourth-order valence-electron chi connectivity index (χ4n) is 3.63. The number of furan rings is 1. The zero-order chi connectivity index (χ0) is 19.1. The first-order valence-corrected chi connectivity index (χ1v) is 8.64. The zero-order valence-electron chi connectivity index (χ0n) is 14.5. The van der Waals surface area contributed by atoms with Gasteiger partial charge < -0.3 is 14.5 Å². The molecule has 0 bridgehead atoms. The highest BCUT2D eigenvalue weighted by Gasteiger charge is 2.49. The summed E-state index contributed by atoms with van der Waals surface area (Å²) in [5.74, 6) is -2.83. The van der Waals surface area contributed by atoms with Crippen molar-refractivity contribution in [3.63, 3.8) is 0 Å². The van der Waals surface area contributed by atoms with Gasteiger partial charge in [-0.2, -0.15) is 0 Å². The largest absolute Gasteiger partial charge is 0.475 e. The molecule has 1 amide bonds. The van der Waals surface area contributed by atoms with Crippen LogP contribution in [0.1, 0.15) is 42.1 Å². The van der Waals surface area contributed by atoms with Crippen molar-refractivity contribution in [3.8, 4) is 0 Å². The number of aromatic nitrogens is 2. The average Bonchev–Trinajstić information content (AvgIpc) is 3.35. The molecule has 1 aromatic carbocycles. The number of ketones is 1. The van der Waals surface area contributed by atoms with Gasteiger partial charge in [0, 0.05) is 5.69 Å². The Morgan fingerprint density at radius 1 is 1.30 bits per heavy atom. The van der Waals surface area contributed by atoms with Crippen LogP contribution in [0.4, 0.5) is 5.69 Å². The molecular formula is C19H17N3O5. The van der Waals surface area contributed by atoms with Crippen LogP contribution in [0.5, 0.6) is 0 Å². The molecule has 138 valence electrons. The summed E-state index contributed by atoms with van der Waals surface area (Å²) in [6.07, 6.45) is 2.76. The van der Waals surface area contributed by atoms with E-state index in [1.54, 1.807) is 24.5 Å². The van der Waals surface area contributed by atoms with Crippen LogP contribution in [0.15, 0.2) is 41.1 Å². The Bertz CT molecular complexity index is 1050. The Labute approximate surface area is 153 Å². The van der Waals surface area contributed by atoms with Crippen molar-refractivity contribution in [2.24, 2.45) is 5.92 Å². The molecule has 3 heterocycles. The van der Waals surface area contributed by atoms with E-state index in [9.17, 15) is 14.4 Å². The number of fused-ring (bicyclic) bond motifs is 1. The van der Waals surface area contributed by atoms with E-state index in [4.69, 9.17) is 9.52 Å². The molecule has 1 aliphatic heterocycles. The molecule has 4 rings (SSSR count). The number of Topliss-reactive ketones (excluding diaryl/α,β-unsaturated/α-hetero) is 1. The van der Waals surface area contributed by atoms with Gasteiger partial charge >= 0.3 is 5.97 Å². The van der Waals surface area contributed by atoms with Gasteiger partial charge in [-0.25, -0.2) is 9.78 Å². The molecule has 8 heteroatoms. The second kappa shape index (κ2) is 6.39. The Morgan fingerprint density at radius 3 is 2.81 bits per heavy atom. The van der Waals surface area contributed by atoms with Gasteiger partial charge in [-0.15, -0.1) is 0 Å². The van der Waals surface area contributed by atoms with Crippen molar-refractivity contribution >= 4 is 34.4 Å². The van der Waals surface area contributed by atoms with Gasteiger partial charge in [0.05, 0.1) is 23.3 Å². The second-order valence-electron chi connectivity index (χ2n) is 6.49. The molecule has 2 atom stereocenters. The number of carboxylic acids is 1. The maximum Gasteiger partial charge on any atom is 0.371 e. The number of carbonyl (C=O) groups excluding carboxylic acids is 2. The highest BCUT2D eigenvalue weighted by molar-refractivity contribution is 6.44. The fraction of sp³-hybridized carbons (Fsp3) is 0.263. The molecule has 0 aliphatic carbocycles. The Balaban J connectivity index is 1.83. The standard InChI is InChI=1S/C19H17N3O5/c1-2-3-11-16(14-6-7-15(27-14)19(25)26)22(18(24)17(11)23)10-4-5-12-13(8-10)21-9-20-12/h4-9,11,16H,2-3H2,1H3,(H,20,21)(H,25,26). The fourth-order valence-corrected chi connectivity index (χ4v) is 3.63. The van der Waals surface area contributed by atoms with Gasteiger partial charge in [0.15, 0.2) is 0 Å². The third-order valence-corrected chi connectivity index (χ3v) is 4.84. The quantitative estimate of drug-likeness (QED) is 0.670. The maximum absolute atomic E-state index is 12.8. The third-order valence-electron chi connectivity index (χ3n) is 4.84. The summed E-state index contributed by atoms with van der Waals surface area (Å²) in [7, 11) is 0. The van der Waals surface area contributed by atoms with E-state index in [0.29, 0.717) is 18.5 Å². The number of carboxylic acid groups (broad SMARTS) is 1. The molecule has 0 spiro atoms. The van der Waals surface area contributed by atoms with E-state index in [0.717, 1.165) is 11.0 Å². The Morgan fingerprint density at radius 2 is 2.11 bits per heavy atom. The van der Waals surface area contributed by atoms with E-state index in [2.05, 4.69) is 9.97 Å². The van der Waals surface area contributed by atoms with Crippen molar-refractivity contribution in [3.05, 3.63) is 48.2 Å². The van der Waals surface area contributed by atoms with Gasteiger partial charge in [-0.05, 0) is 36.8 Å². The summed E-state index contributed by atoms with van der Waals surface area (Å²) in [6.45, 7) is 1.93. The van der Waals surface area contributed by atoms with Crippen molar-refractivity contribution < 1.29 is 23.9 Å². The summed E-state index contributed by atoms with van der Waals surface area (Å²) >= 11 is 0. The molecular weight excluding hydrogens is 350 g/mol. The van der Waals surface area contributed by atoms with Crippen LogP contribution in [0.2, 0.25) is 0 Å². The maximum atomic E-state index is 12.8. The van der Waals surface area contributed by atoms with Gasteiger partial charge in [-0.3, -0.25) is 14.5 Å². The summed E-state index contributed by atoms with van der Waals surface area (Å²) in [5.41, 5.74) is 2.00. The number of aromatic carboxylic acids is 1. The molecule has 2 aromatic heterocycles. The molecule has 1 aliphatic rings. The number of carbonyl (C=O) groups is 3. The SMILES string of the molecule is CCCC1C(=O)C(=O)N(c2ccc3nc[nH]c3c2)C1c1ccc(C(=O)O)o1. The molecule has 27 heavy (non-hydrogen) atoms. The topological polar surface area (TPSA) is 116 Å². The second-order valence-corrected chi connectivity index (χ2v) is 6.49. The minimum Gasteiger partial charge on any atom is -0.475 e. The molecule has 0 saturated carbocycles. The van der Waals surface area contributed by atoms with E-state index >= 15 is 0 Å². The molecule has 2 unspecified atom stereocenters. The lowest BCUT2D eigenvalue weighted by molar-refractivity contribution is -0.135. The molecule has 8 nitrogen and oxygen atoms in total. The Kier molecular flexibility index (Phi) is 4.02. The van der Waals surface area contributed by atoms with Crippen LogP contribution in [-0.4, -0.2) is 32.7 Å². The van der Waals surface area contributed by atoms with E-state index < -0.39 is 29.6 Å². The number of hydrogen-bond acceptors (Lipinski definition) is 5. The van der Waals surface area contributed by atoms with Crippen LogP contribution in [0.3, 0.4) is 0 Å². The van der Waals surface area contributed by atoms with Crippen LogP contribution < -0.4 is 4.90 Å². The summed E-state index contributed by atoms with van der Waals surface area (Å²) in [4.78, 5) is 45.1. The number of nitrogens with one attached hydrogen (secondary N) is 1. The van der Waals surface area contributed by atoms with Crippen molar-refractivity contribution in [2.45, 2.75) is 25.8 Å². The van der Waals surface area contributed by atoms with Gasteiger partial charge in [0.25, 0.3) is 5.91 Å². The molecule has 2 N–H and O–H groups in total. The van der Waals surface area contributed by atoms with Gasteiger partial charge in [0.1, 0.15) is 11.8 Å². The van der Waals surface area contributed by atoms with Crippen LogP contribution in [-0.2, 0) is 9.59 Å². The van der Waals surface area contributed by atoms with E-state index in [-0.39, 0.29) is 11.5 Å². The summed E-state index contributed by atoms with van der Waals surface area (Å²) in [5, 5.41) is 9.14. The molecule has 3 aromatic rings. The van der Waals surface area contributed by atoms with E-state index in [1.165, 1.54) is 17.0 Å². The zero-order valence-corrected chi connectivity index (χ0v) is 14.5. The molecule has 1 saturated heterocycles. The number of anilines is 1. The number of aromatic amines is 1. The average molecular weight is 367 g/mol. The Hall–Kier alpha value is -3.42. The third kappa shape index (κ3) is 2.69. The van der Waals surface area contributed by atoms with Crippen molar-refractivity contribution in [1.29, 1.82) is 0 Å². The smallest absolute Gasteiger partial charge is 0.371 e. The number of hydrogen-bond donors (Lipinski definition) is 2. The first-order chi connectivity index (χ1) is 13.0. The number of benzene rings is 1. The minimum absolute atomic E-state index is 0.226. The first kappa shape index (κ1) is 17.0. The molecule has 0 radical (unpaired) electrons. The lowest BCUT2D eigenvalue weighted by Crippen LogP contribution is -2.29. The van der Waals surface area contributed by atoms with Crippen molar-refractivity contribution in [1.82, 2.24) is 9.97 Å². The van der Waals surface area contributed by atoms with Gasteiger partial charge in [-0.1, -0.05) is 13.3 Å². The number of amides is 1. The number of imidazole rings is 1. The van der Waals surface area contributed by atoms with E-state index in [1.807, 2.05) is 6.92 Å².